The first kappa shape index (κ1) is 27.6. The number of ether oxygens (including phenoxy) is 2. The number of nitrogens with zero attached hydrogens (tertiary/aromatic N) is 6. The lowest BCUT2D eigenvalue weighted by Crippen LogP contribution is -2.41. The van der Waals surface area contributed by atoms with Crippen molar-refractivity contribution < 1.29 is 9.47 Å². The molecule has 2 fully saturated rings. The molecule has 4 heterocycles. The molecule has 0 N–H and O–H groups in total. The third-order valence-corrected chi connectivity index (χ3v) is 9.79. The summed E-state index contributed by atoms with van der Waals surface area (Å²) in [6.07, 6.45) is 6.09. The molecular formula is C33H40N6O2S. The molecular weight excluding hydrogens is 544 g/mol. The van der Waals surface area contributed by atoms with E-state index in [1.807, 2.05) is 11.6 Å². The summed E-state index contributed by atoms with van der Waals surface area (Å²) in [7, 11) is 4.27. The van der Waals surface area contributed by atoms with E-state index in [-0.39, 0.29) is 11.5 Å². The van der Waals surface area contributed by atoms with Gasteiger partial charge in [-0.2, -0.15) is 9.97 Å². The van der Waals surface area contributed by atoms with Crippen LogP contribution in [0.15, 0.2) is 48.0 Å². The van der Waals surface area contributed by atoms with Gasteiger partial charge in [-0.3, -0.25) is 0 Å². The van der Waals surface area contributed by atoms with Crippen LogP contribution in [-0.4, -0.2) is 73.3 Å². The van der Waals surface area contributed by atoms with E-state index < -0.39 is 0 Å². The maximum atomic E-state index is 6.44. The fraction of sp³-hybridized carbons (Fsp3) is 0.485. The number of aryl methyl sites for hydroxylation is 1. The Bertz CT molecular complexity index is 1550. The molecule has 42 heavy (non-hydrogen) atoms. The number of rotatable bonds is 9. The van der Waals surface area contributed by atoms with Crippen molar-refractivity contribution in [2.75, 3.05) is 63.3 Å². The van der Waals surface area contributed by atoms with Crippen molar-refractivity contribution in [1.82, 2.24) is 19.9 Å². The van der Waals surface area contributed by atoms with Crippen LogP contribution in [0.1, 0.15) is 47.7 Å². The highest BCUT2D eigenvalue weighted by Crippen LogP contribution is 2.46. The summed E-state index contributed by atoms with van der Waals surface area (Å²) in [5, 5.41) is 5.69. The number of hydrogen-bond donors (Lipinski definition) is 0. The third-order valence-electron chi connectivity index (χ3n) is 8.92. The Kier molecular flexibility index (Phi) is 7.50. The highest BCUT2D eigenvalue weighted by Gasteiger charge is 2.44. The van der Waals surface area contributed by atoms with E-state index >= 15 is 0 Å². The minimum atomic E-state index is -0.0493. The van der Waals surface area contributed by atoms with Gasteiger partial charge in [-0.05, 0) is 56.8 Å². The second-order valence-corrected chi connectivity index (χ2v) is 13.2. The number of hydrogen-bond acceptors (Lipinski definition) is 9. The smallest absolute Gasteiger partial charge is 0.318 e. The van der Waals surface area contributed by atoms with Crippen LogP contribution in [0.5, 0.6) is 6.01 Å². The number of benzene rings is 2. The first-order chi connectivity index (χ1) is 20.5. The zero-order chi connectivity index (χ0) is 28.7. The molecule has 1 atom stereocenters. The minimum Gasteiger partial charge on any atom is -0.463 e. The Morgan fingerprint density at radius 3 is 2.71 bits per heavy atom. The maximum absolute atomic E-state index is 6.44. The van der Waals surface area contributed by atoms with Gasteiger partial charge in [-0.25, -0.2) is 4.98 Å². The van der Waals surface area contributed by atoms with Gasteiger partial charge in [0.05, 0.1) is 32.0 Å². The van der Waals surface area contributed by atoms with Gasteiger partial charge in [0.1, 0.15) is 16.9 Å². The van der Waals surface area contributed by atoms with E-state index in [2.05, 4.69) is 77.1 Å². The Labute approximate surface area is 252 Å². The molecule has 0 spiro atoms. The SMILES string of the molecule is CCc1cccc2cccc(N3CCc4c(nc(OCC5(CN(C)C)CC5)nc4N4CCO[C@@H](c5nccs5)C4)C3)c12. The average molecular weight is 585 g/mol. The summed E-state index contributed by atoms with van der Waals surface area (Å²) >= 11 is 1.65. The van der Waals surface area contributed by atoms with Crippen LogP contribution in [0.3, 0.4) is 0 Å². The molecule has 1 saturated heterocycles. The van der Waals surface area contributed by atoms with E-state index in [0.29, 0.717) is 19.2 Å². The lowest BCUT2D eigenvalue weighted by molar-refractivity contribution is 0.0392. The van der Waals surface area contributed by atoms with E-state index in [0.717, 1.165) is 62.1 Å². The molecule has 220 valence electrons. The first-order valence-electron chi connectivity index (χ1n) is 15.2. The van der Waals surface area contributed by atoms with Crippen molar-refractivity contribution in [3.8, 4) is 6.01 Å². The first-order valence-corrected chi connectivity index (χ1v) is 16.1. The molecule has 8 nitrogen and oxygen atoms in total. The van der Waals surface area contributed by atoms with Crippen LogP contribution < -0.4 is 14.5 Å². The maximum Gasteiger partial charge on any atom is 0.318 e. The van der Waals surface area contributed by atoms with Gasteiger partial charge >= 0.3 is 6.01 Å². The van der Waals surface area contributed by atoms with Crippen molar-refractivity contribution in [1.29, 1.82) is 0 Å². The van der Waals surface area contributed by atoms with Gasteiger partial charge in [0, 0.05) is 53.3 Å². The van der Waals surface area contributed by atoms with E-state index in [4.69, 9.17) is 19.4 Å². The van der Waals surface area contributed by atoms with Gasteiger partial charge in [-0.15, -0.1) is 11.3 Å². The Balaban J connectivity index is 1.23. The predicted molar refractivity (Wildman–Crippen MR) is 169 cm³/mol. The van der Waals surface area contributed by atoms with E-state index in [9.17, 15) is 0 Å². The van der Waals surface area contributed by atoms with Crippen molar-refractivity contribution in [3.63, 3.8) is 0 Å². The summed E-state index contributed by atoms with van der Waals surface area (Å²) in [4.78, 5) is 21.9. The van der Waals surface area contributed by atoms with Crippen LogP contribution in [0.25, 0.3) is 10.8 Å². The molecule has 0 radical (unpaired) electrons. The highest BCUT2D eigenvalue weighted by molar-refractivity contribution is 7.09. The van der Waals surface area contributed by atoms with E-state index in [1.54, 1.807) is 11.3 Å². The van der Waals surface area contributed by atoms with E-state index in [1.165, 1.54) is 40.4 Å². The monoisotopic (exact) mass is 584 g/mol. The number of morpholine rings is 1. The van der Waals surface area contributed by atoms with Gasteiger partial charge in [0.15, 0.2) is 0 Å². The Morgan fingerprint density at radius 2 is 1.95 bits per heavy atom. The molecule has 0 unspecified atom stereocenters. The van der Waals surface area contributed by atoms with Crippen molar-refractivity contribution in [2.45, 2.75) is 45.3 Å². The standard InChI is InChI=1S/C33H40N6O2S/c1-4-23-7-5-8-24-9-6-10-27(29(23)24)38-15-11-25-26(19-38)35-32(41-22-33(12-13-33)21-37(2)3)36-30(25)39-16-17-40-28(20-39)31-34-14-18-42-31/h5-10,14,18,28H,4,11-13,15-17,19-22H2,1-3H3/t28-/m1/s1. The summed E-state index contributed by atoms with van der Waals surface area (Å²) in [5.74, 6) is 1.00. The average Bonchev–Trinajstić information content (AvgIpc) is 3.54. The van der Waals surface area contributed by atoms with Crippen LogP contribution in [-0.2, 0) is 24.1 Å². The minimum absolute atomic E-state index is 0.0493. The molecule has 2 aromatic heterocycles. The number of thiazole rings is 1. The molecule has 1 aliphatic carbocycles. The lowest BCUT2D eigenvalue weighted by atomic mass is 9.98. The van der Waals surface area contributed by atoms with Crippen LogP contribution in [0.2, 0.25) is 0 Å². The summed E-state index contributed by atoms with van der Waals surface area (Å²) in [6.45, 7) is 7.75. The normalized spacial score (nSPS) is 19.8. The summed E-state index contributed by atoms with van der Waals surface area (Å²) < 4.78 is 12.6. The fourth-order valence-electron chi connectivity index (χ4n) is 6.67. The number of anilines is 2. The van der Waals surface area contributed by atoms with Gasteiger partial charge in [0.2, 0.25) is 0 Å². The van der Waals surface area contributed by atoms with Crippen LogP contribution in [0, 0.1) is 5.41 Å². The summed E-state index contributed by atoms with van der Waals surface area (Å²) in [6, 6.07) is 13.8. The molecule has 0 amide bonds. The molecule has 3 aliphatic rings. The van der Waals surface area contributed by atoms with Crippen molar-refractivity contribution in [2.24, 2.45) is 5.41 Å². The zero-order valence-corrected chi connectivity index (χ0v) is 25.7. The van der Waals surface area contributed by atoms with Crippen LogP contribution in [0.4, 0.5) is 11.5 Å². The fourth-order valence-corrected chi connectivity index (χ4v) is 7.35. The predicted octanol–water partition coefficient (Wildman–Crippen LogP) is 5.51. The summed E-state index contributed by atoms with van der Waals surface area (Å²) in [5.41, 5.74) is 5.20. The van der Waals surface area contributed by atoms with Gasteiger partial charge < -0.3 is 24.2 Å². The number of fused-ring (bicyclic) bond motifs is 2. The molecule has 7 rings (SSSR count). The number of aromatic nitrogens is 3. The Morgan fingerprint density at radius 1 is 1.10 bits per heavy atom. The second kappa shape index (κ2) is 11.4. The lowest BCUT2D eigenvalue weighted by Gasteiger charge is -2.37. The van der Waals surface area contributed by atoms with Crippen LogP contribution >= 0.6 is 11.3 Å². The quantitative estimate of drug-likeness (QED) is 0.255. The van der Waals surface area contributed by atoms with Gasteiger partial charge in [-0.1, -0.05) is 37.3 Å². The molecule has 2 aromatic carbocycles. The van der Waals surface area contributed by atoms with Gasteiger partial charge in [0.25, 0.3) is 0 Å². The molecule has 2 aliphatic heterocycles. The third kappa shape index (κ3) is 5.45. The zero-order valence-electron chi connectivity index (χ0n) is 24.9. The molecule has 4 aromatic rings. The molecule has 0 bridgehead atoms. The second-order valence-electron chi connectivity index (χ2n) is 12.3. The highest BCUT2D eigenvalue weighted by atomic mass is 32.1. The van der Waals surface area contributed by atoms with Crippen molar-refractivity contribution >= 4 is 33.6 Å². The largest absolute Gasteiger partial charge is 0.463 e. The topological polar surface area (TPSA) is 66.9 Å². The molecule has 9 heteroatoms. The van der Waals surface area contributed by atoms with Crippen molar-refractivity contribution in [3.05, 3.63) is 69.8 Å². The molecule has 1 saturated carbocycles. The Hall–Kier alpha value is -3.27.